The highest BCUT2D eigenvalue weighted by molar-refractivity contribution is 6.16. The summed E-state index contributed by atoms with van der Waals surface area (Å²) in [6, 6.07) is 9.36. The van der Waals surface area contributed by atoms with Crippen molar-refractivity contribution in [3.63, 3.8) is 0 Å². The SMILES string of the molecule is COc1cccc2cc(C(=O)C3=C(O)C(=O)N(CCCn4ccnc4)C3c3ccco3)oc12. The molecule has 9 nitrogen and oxygen atoms in total. The molecule has 0 aliphatic carbocycles. The van der Waals surface area contributed by atoms with Crippen LogP contribution in [0.4, 0.5) is 0 Å². The van der Waals surface area contributed by atoms with Crippen LogP contribution in [0, 0.1) is 0 Å². The molecule has 4 heterocycles. The maximum Gasteiger partial charge on any atom is 0.290 e. The van der Waals surface area contributed by atoms with Crippen molar-refractivity contribution >= 4 is 22.7 Å². The van der Waals surface area contributed by atoms with Gasteiger partial charge < -0.3 is 28.1 Å². The molecule has 1 amide bonds. The van der Waals surface area contributed by atoms with Crippen molar-refractivity contribution in [1.29, 1.82) is 0 Å². The molecular weight excluding hydrogens is 426 g/mol. The number of aryl methyl sites for hydroxylation is 1. The van der Waals surface area contributed by atoms with Crippen molar-refractivity contribution in [3.8, 4) is 5.75 Å². The summed E-state index contributed by atoms with van der Waals surface area (Å²) in [5.74, 6) is -0.947. The van der Waals surface area contributed by atoms with Crippen LogP contribution in [0.25, 0.3) is 11.0 Å². The second kappa shape index (κ2) is 8.34. The monoisotopic (exact) mass is 447 g/mol. The number of rotatable bonds is 8. The van der Waals surface area contributed by atoms with E-state index in [-0.39, 0.29) is 11.3 Å². The van der Waals surface area contributed by atoms with E-state index in [1.54, 1.807) is 48.9 Å². The Hall–Kier alpha value is -4.27. The number of aromatic nitrogens is 2. The van der Waals surface area contributed by atoms with Gasteiger partial charge in [0.25, 0.3) is 5.91 Å². The van der Waals surface area contributed by atoms with Gasteiger partial charge in [-0.3, -0.25) is 9.59 Å². The first-order valence-corrected chi connectivity index (χ1v) is 10.4. The number of imidazole rings is 1. The summed E-state index contributed by atoms with van der Waals surface area (Å²) in [4.78, 5) is 31.9. The Kier molecular flexibility index (Phi) is 5.21. The van der Waals surface area contributed by atoms with Crippen LogP contribution in [0.3, 0.4) is 0 Å². The number of nitrogens with zero attached hydrogens (tertiary/aromatic N) is 3. The summed E-state index contributed by atoms with van der Waals surface area (Å²) in [7, 11) is 1.51. The van der Waals surface area contributed by atoms with Crippen LogP contribution in [-0.2, 0) is 11.3 Å². The molecule has 0 bridgehead atoms. The molecule has 1 aromatic carbocycles. The number of ether oxygens (including phenoxy) is 1. The number of para-hydroxylation sites is 1. The zero-order chi connectivity index (χ0) is 22.9. The third kappa shape index (κ3) is 3.57. The molecule has 1 aliphatic heterocycles. The van der Waals surface area contributed by atoms with Gasteiger partial charge in [0.2, 0.25) is 5.78 Å². The van der Waals surface area contributed by atoms with Gasteiger partial charge in [-0.2, -0.15) is 0 Å². The molecule has 0 saturated carbocycles. The van der Waals surface area contributed by atoms with Crippen molar-refractivity contribution in [1.82, 2.24) is 14.5 Å². The Balaban J connectivity index is 1.48. The molecule has 4 aromatic rings. The zero-order valence-electron chi connectivity index (χ0n) is 17.8. The second-order valence-electron chi connectivity index (χ2n) is 7.65. The molecule has 3 aromatic heterocycles. The lowest BCUT2D eigenvalue weighted by atomic mass is 9.99. The third-order valence-corrected chi connectivity index (χ3v) is 5.69. The number of carbonyl (C=O) groups excluding carboxylic acids is 2. The van der Waals surface area contributed by atoms with Crippen molar-refractivity contribution < 1.29 is 28.3 Å². The minimum Gasteiger partial charge on any atom is -0.503 e. The summed E-state index contributed by atoms with van der Waals surface area (Å²) in [5.41, 5.74) is 0.343. The van der Waals surface area contributed by atoms with Gasteiger partial charge in [-0.1, -0.05) is 12.1 Å². The number of benzene rings is 1. The summed E-state index contributed by atoms with van der Waals surface area (Å²) < 4.78 is 18.5. The van der Waals surface area contributed by atoms with E-state index < -0.39 is 23.5 Å². The van der Waals surface area contributed by atoms with Gasteiger partial charge in [0, 0.05) is 30.9 Å². The maximum absolute atomic E-state index is 13.5. The van der Waals surface area contributed by atoms with Crippen LogP contribution >= 0.6 is 0 Å². The number of hydrogen-bond acceptors (Lipinski definition) is 7. The molecule has 0 saturated heterocycles. The van der Waals surface area contributed by atoms with Gasteiger partial charge >= 0.3 is 0 Å². The Morgan fingerprint density at radius 2 is 2.12 bits per heavy atom. The number of Topliss-reactive ketones (excluding diaryl/α,β-unsaturated/α-hetero) is 1. The van der Waals surface area contributed by atoms with Gasteiger partial charge in [0.1, 0.15) is 11.8 Å². The second-order valence-corrected chi connectivity index (χ2v) is 7.65. The van der Waals surface area contributed by atoms with Crippen LogP contribution in [0.5, 0.6) is 5.75 Å². The fourth-order valence-corrected chi connectivity index (χ4v) is 4.14. The van der Waals surface area contributed by atoms with E-state index in [0.717, 1.165) is 0 Å². The first kappa shape index (κ1) is 20.6. The normalized spacial score (nSPS) is 16.2. The number of fused-ring (bicyclic) bond motifs is 1. The van der Waals surface area contributed by atoms with Crippen molar-refractivity contribution in [3.05, 3.63) is 84.2 Å². The van der Waals surface area contributed by atoms with Crippen molar-refractivity contribution in [2.75, 3.05) is 13.7 Å². The summed E-state index contributed by atoms with van der Waals surface area (Å²) in [6.45, 7) is 0.930. The van der Waals surface area contributed by atoms with E-state index in [9.17, 15) is 14.7 Å². The van der Waals surface area contributed by atoms with Gasteiger partial charge in [-0.25, -0.2) is 4.98 Å². The molecule has 1 aliphatic rings. The lowest BCUT2D eigenvalue weighted by Crippen LogP contribution is -2.32. The topological polar surface area (TPSA) is 111 Å². The van der Waals surface area contributed by atoms with Crippen molar-refractivity contribution in [2.45, 2.75) is 19.0 Å². The third-order valence-electron chi connectivity index (χ3n) is 5.69. The molecule has 9 heteroatoms. The van der Waals surface area contributed by atoms with E-state index >= 15 is 0 Å². The van der Waals surface area contributed by atoms with Crippen LogP contribution in [-0.4, -0.2) is 44.9 Å². The summed E-state index contributed by atoms with van der Waals surface area (Å²) in [6.07, 6.45) is 7.26. The smallest absolute Gasteiger partial charge is 0.290 e. The van der Waals surface area contributed by atoms with E-state index in [1.165, 1.54) is 18.3 Å². The Labute approximate surface area is 188 Å². The number of furan rings is 2. The largest absolute Gasteiger partial charge is 0.503 e. The average molecular weight is 447 g/mol. The Morgan fingerprint density at radius 3 is 2.85 bits per heavy atom. The van der Waals surface area contributed by atoms with Crippen LogP contribution in [0.2, 0.25) is 0 Å². The van der Waals surface area contributed by atoms with E-state index in [2.05, 4.69) is 4.98 Å². The molecule has 5 rings (SSSR count). The lowest BCUT2D eigenvalue weighted by molar-refractivity contribution is -0.129. The molecule has 0 fully saturated rings. The lowest BCUT2D eigenvalue weighted by Gasteiger charge is -2.24. The van der Waals surface area contributed by atoms with Crippen LogP contribution in [0.1, 0.15) is 28.8 Å². The Bertz CT molecular complexity index is 1330. The van der Waals surface area contributed by atoms with Gasteiger partial charge in [0.05, 0.1) is 25.3 Å². The number of amides is 1. The fraction of sp³-hybridized carbons (Fsp3) is 0.208. The number of ketones is 1. The minimum absolute atomic E-state index is 0.000622. The van der Waals surface area contributed by atoms with Gasteiger partial charge in [0.15, 0.2) is 22.9 Å². The number of hydrogen-bond donors (Lipinski definition) is 1. The summed E-state index contributed by atoms with van der Waals surface area (Å²) in [5, 5.41) is 11.4. The maximum atomic E-state index is 13.5. The minimum atomic E-state index is -0.863. The Morgan fingerprint density at radius 1 is 1.24 bits per heavy atom. The average Bonchev–Trinajstić information content (AvgIpc) is 3.62. The standard InChI is InChI=1S/C24H21N3O6/c1-31-17-6-2-5-15-13-18(33-23(15)17)21(28)19-20(16-7-3-12-32-16)27(24(30)22(19)29)10-4-9-26-11-8-25-14-26/h2-3,5-8,11-14,20,29H,4,9-10H2,1H3. The molecule has 1 unspecified atom stereocenters. The molecule has 0 radical (unpaired) electrons. The number of methoxy groups -OCH3 is 1. The van der Waals surface area contributed by atoms with Crippen LogP contribution in [0.15, 0.2) is 81.5 Å². The van der Waals surface area contributed by atoms with Gasteiger partial charge in [-0.05, 0) is 30.7 Å². The first-order chi connectivity index (χ1) is 16.1. The van der Waals surface area contributed by atoms with E-state index in [0.29, 0.717) is 42.0 Å². The molecule has 1 N–H and O–H groups in total. The first-order valence-electron chi connectivity index (χ1n) is 10.4. The van der Waals surface area contributed by atoms with E-state index in [1.807, 2.05) is 10.8 Å². The van der Waals surface area contributed by atoms with Crippen LogP contribution < -0.4 is 4.74 Å². The number of aliphatic hydroxyl groups is 1. The van der Waals surface area contributed by atoms with E-state index in [4.69, 9.17) is 13.6 Å². The summed E-state index contributed by atoms with van der Waals surface area (Å²) >= 11 is 0. The predicted molar refractivity (Wildman–Crippen MR) is 117 cm³/mol. The molecular formula is C24H21N3O6. The predicted octanol–water partition coefficient (Wildman–Crippen LogP) is 3.90. The fourth-order valence-electron chi connectivity index (χ4n) is 4.14. The highest BCUT2D eigenvalue weighted by atomic mass is 16.5. The molecule has 168 valence electrons. The van der Waals surface area contributed by atoms with Crippen molar-refractivity contribution in [2.24, 2.45) is 0 Å². The molecule has 0 spiro atoms. The quantitative estimate of drug-likeness (QED) is 0.408. The number of aliphatic hydroxyl groups excluding tert-OH is 1. The number of carbonyl (C=O) groups is 2. The zero-order valence-corrected chi connectivity index (χ0v) is 17.8. The highest BCUT2D eigenvalue weighted by Crippen LogP contribution is 2.40. The molecule has 33 heavy (non-hydrogen) atoms. The molecule has 1 atom stereocenters. The highest BCUT2D eigenvalue weighted by Gasteiger charge is 2.45. The van der Waals surface area contributed by atoms with Gasteiger partial charge in [-0.15, -0.1) is 0 Å².